The van der Waals surface area contributed by atoms with Crippen molar-refractivity contribution >= 4 is 46.4 Å². The van der Waals surface area contributed by atoms with Gasteiger partial charge >= 0.3 is 5.97 Å². The molecule has 2 N–H and O–H groups in total. The van der Waals surface area contributed by atoms with Crippen LogP contribution in [0.15, 0.2) is 29.1 Å². The Morgan fingerprint density at radius 3 is 2.70 bits per heavy atom. The van der Waals surface area contributed by atoms with Crippen LogP contribution in [-0.2, 0) is 16.1 Å². The third kappa shape index (κ3) is 4.24. The van der Waals surface area contributed by atoms with Crippen LogP contribution in [0.5, 0.6) is 0 Å². The molecule has 2 rings (SSSR count). The zero-order chi connectivity index (χ0) is 20.1. The van der Waals surface area contributed by atoms with Gasteiger partial charge in [-0.25, -0.2) is 4.79 Å². The van der Waals surface area contributed by atoms with Crippen molar-refractivity contribution in [2.45, 2.75) is 20.4 Å². The van der Waals surface area contributed by atoms with Crippen molar-refractivity contribution in [1.82, 2.24) is 4.57 Å². The van der Waals surface area contributed by atoms with Crippen molar-refractivity contribution in [2.24, 2.45) is 0 Å². The van der Waals surface area contributed by atoms with Crippen LogP contribution < -0.4 is 25.0 Å². The molecule has 1 heterocycles. The fourth-order valence-corrected chi connectivity index (χ4v) is 3.40. The topological polar surface area (TPSA) is 115 Å². The van der Waals surface area contributed by atoms with Gasteiger partial charge in [-0.3, -0.25) is 14.2 Å². The van der Waals surface area contributed by atoms with Crippen molar-refractivity contribution in [3.8, 4) is 6.07 Å². The van der Waals surface area contributed by atoms with Crippen molar-refractivity contribution < 1.29 is 14.7 Å². The molecule has 1 amide bonds. The second-order valence-corrected chi connectivity index (χ2v) is 6.56. The first-order chi connectivity index (χ1) is 12.8. The van der Waals surface area contributed by atoms with Gasteiger partial charge in [0.1, 0.15) is 15.3 Å². The number of aromatic nitrogens is 1. The number of anilines is 2. The lowest BCUT2D eigenvalue weighted by atomic mass is 10.2. The number of thiazole rings is 1. The summed E-state index contributed by atoms with van der Waals surface area (Å²) in [7, 11) is 1.65. The second kappa shape index (κ2) is 8.33. The van der Waals surface area contributed by atoms with E-state index in [2.05, 4.69) is 5.32 Å². The zero-order valence-corrected chi connectivity index (χ0v) is 15.8. The minimum atomic E-state index is -1.37. The number of amides is 1. The highest BCUT2D eigenvalue weighted by Crippen LogP contribution is 2.18. The maximum absolute atomic E-state index is 12.5. The molecular formula is C18H18N4O4S. The lowest BCUT2D eigenvalue weighted by Gasteiger charge is -2.15. The number of hydrogen-bond acceptors (Lipinski definition) is 6. The Morgan fingerprint density at radius 2 is 2.15 bits per heavy atom. The van der Waals surface area contributed by atoms with Crippen LogP contribution >= 0.6 is 11.3 Å². The summed E-state index contributed by atoms with van der Waals surface area (Å²) in [6.07, 6.45) is 1.46. The molecule has 0 atom stereocenters. The minimum Gasteiger partial charge on any atom is -0.477 e. The van der Waals surface area contributed by atoms with Crippen molar-refractivity contribution in [2.75, 3.05) is 17.3 Å². The SMILES string of the molecule is CCn1c(=O)/c(=C\Nc2cccc(N(C)C(C)=O)c2)s/c1=C(/C#N)C(=O)O. The van der Waals surface area contributed by atoms with Crippen molar-refractivity contribution in [3.63, 3.8) is 0 Å². The molecule has 0 saturated carbocycles. The lowest BCUT2D eigenvalue weighted by Crippen LogP contribution is -2.32. The van der Waals surface area contributed by atoms with Gasteiger partial charge in [0.25, 0.3) is 5.56 Å². The first kappa shape index (κ1) is 19.9. The number of nitrogens with one attached hydrogen (secondary N) is 1. The van der Waals surface area contributed by atoms with E-state index in [1.165, 1.54) is 22.6 Å². The fraction of sp³-hybridized carbons (Fsp3) is 0.222. The molecule has 0 aliphatic rings. The van der Waals surface area contributed by atoms with Crippen LogP contribution in [0.4, 0.5) is 11.4 Å². The number of nitriles is 1. The minimum absolute atomic E-state index is 0.107. The van der Waals surface area contributed by atoms with E-state index in [0.717, 1.165) is 11.3 Å². The maximum Gasteiger partial charge on any atom is 0.349 e. The van der Waals surface area contributed by atoms with Gasteiger partial charge in [-0.05, 0) is 25.1 Å². The summed E-state index contributed by atoms with van der Waals surface area (Å²) in [5.74, 6) is -1.49. The number of carboxylic acid groups (broad SMARTS) is 1. The van der Waals surface area contributed by atoms with Crippen LogP contribution in [0.25, 0.3) is 11.8 Å². The summed E-state index contributed by atoms with van der Waals surface area (Å²) >= 11 is 0.934. The molecular weight excluding hydrogens is 368 g/mol. The van der Waals surface area contributed by atoms with Crippen LogP contribution in [0, 0.1) is 11.3 Å². The van der Waals surface area contributed by atoms with Gasteiger partial charge in [0.2, 0.25) is 5.91 Å². The lowest BCUT2D eigenvalue weighted by molar-refractivity contribution is -0.130. The zero-order valence-electron chi connectivity index (χ0n) is 15.0. The molecule has 0 spiro atoms. The normalized spacial score (nSPS) is 12.3. The predicted octanol–water partition coefficient (Wildman–Crippen LogP) is 0.521. The Morgan fingerprint density at radius 1 is 1.44 bits per heavy atom. The third-order valence-corrected chi connectivity index (χ3v) is 4.97. The fourth-order valence-electron chi connectivity index (χ4n) is 2.31. The molecule has 1 aromatic heterocycles. The summed E-state index contributed by atoms with van der Waals surface area (Å²) in [6, 6.07) is 8.69. The molecule has 1 aromatic carbocycles. The van der Waals surface area contributed by atoms with Crippen LogP contribution in [0.2, 0.25) is 0 Å². The van der Waals surface area contributed by atoms with E-state index in [0.29, 0.717) is 11.4 Å². The standard InChI is InChI=1S/C18H18N4O4S/c1-4-22-16(24)15(27-17(22)14(9-19)18(25)26)10-20-12-6-5-7-13(8-12)21(3)11(2)23/h5-8,10,20H,4H2,1-3H3,(H,25,26)/b15-10+,17-14-. The van der Waals surface area contributed by atoms with Crippen LogP contribution in [0.1, 0.15) is 13.8 Å². The Bertz CT molecular complexity index is 1110. The summed E-state index contributed by atoms with van der Waals surface area (Å²) in [5.41, 5.74) is 0.491. The number of benzene rings is 1. The average molecular weight is 386 g/mol. The summed E-state index contributed by atoms with van der Waals surface area (Å²) in [6.45, 7) is 3.40. The Balaban J connectivity index is 2.51. The molecule has 2 aromatic rings. The maximum atomic E-state index is 12.5. The van der Waals surface area contributed by atoms with Crippen molar-refractivity contribution in [3.05, 3.63) is 43.8 Å². The molecule has 0 saturated heterocycles. The van der Waals surface area contributed by atoms with Gasteiger partial charge < -0.3 is 15.3 Å². The molecule has 0 fully saturated rings. The molecule has 9 heteroatoms. The van der Waals surface area contributed by atoms with E-state index in [1.807, 2.05) is 0 Å². The molecule has 8 nitrogen and oxygen atoms in total. The number of rotatable bonds is 5. The van der Waals surface area contributed by atoms with Gasteiger partial charge in [-0.15, -0.1) is 11.3 Å². The largest absolute Gasteiger partial charge is 0.477 e. The molecule has 140 valence electrons. The Kier molecular flexibility index (Phi) is 6.15. The number of carbonyl (C=O) groups is 2. The molecule has 0 radical (unpaired) electrons. The summed E-state index contributed by atoms with van der Waals surface area (Å²) in [4.78, 5) is 36.7. The van der Waals surface area contributed by atoms with E-state index in [9.17, 15) is 14.4 Å². The van der Waals surface area contributed by atoms with E-state index in [4.69, 9.17) is 10.4 Å². The van der Waals surface area contributed by atoms with Gasteiger partial charge in [0, 0.05) is 38.1 Å². The molecule has 0 aliphatic heterocycles. The quantitative estimate of drug-likeness (QED) is 0.774. The number of carbonyl (C=O) groups excluding carboxylic acids is 1. The highest BCUT2D eigenvalue weighted by Gasteiger charge is 2.13. The van der Waals surface area contributed by atoms with E-state index < -0.39 is 11.5 Å². The van der Waals surface area contributed by atoms with Gasteiger partial charge in [-0.1, -0.05) is 6.07 Å². The van der Waals surface area contributed by atoms with Crippen LogP contribution in [-0.4, -0.2) is 28.6 Å². The first-order valence-electron chi connectivity index (χ1n) is 7.98. The Hall–Kier alpha value is -3.38. The van der Waals surface area contributed by atoms with E-state index >= 15 is 0 Å². The smallest absolute Gasteiger partial charge is 0.349 e. The average Bonchev–Trinajstić information content (AvgIpc) is 2.95. The number of hydrogen-bond donors (Lipinski definition) is 2. The first-order valence-corrected chi connectivity index (χ1v) is 8.80. The monoisotopic (exact) mass is 386 g/mol. The molecule has 27 heavy (non-hydrogen) atoms. The van der Waals surface area contributed by atoms with Crippen molar-refractivity contribution in [1.29, 1.82) is 5.26 Å². The summed E-state index contributed by atoms with van der Waals surface area (Å²) in [5, 5.41) is 21.2. The van der Waals surface area contributed by atoms with Crippen LogP contribution in [0.3, 0.4) is 0 Å². The van der Waals surface area contributed by atoms with Gasteiger partial charge in [0.05, 0.1) is 0 Å². The molecule has 0 bridgehead atoms. The van der Waals surface area contributed by atoms with Gasteiger partial charge in [0.15, 0.2) is 5.57 Å². The molecule has 0 unspecified atom stereocenters. The van der Waals surface area contributed by atoms with Gasteiger partial charge in [-0.2, -0.15) is 5.26 Å². The van der Waals surface area contributed by atoms with E-state index in [-0.39, 0.29) is 27.2 Å². The molecule has 0 aliphatic carbocycles. The number of carboxylic acids is 1. The highest BCUT2D eigenvalue weighted by molar-refractivity contribution is 7.07. The van der Waals surface area contributed by atoms with E-state index in [1.54, 1.807) is 44.3 Å². The summed E-state index contributed by atoms with van der Waals surface area (Å²) < 4.78 is 1.63. The third-order valence-electron chi connectivity index (χ3n) is 3.84. The Labute approximate surface area is 158 Å². The second-order valence-electron chi connectivity index (χ2n) is 5.53. The number of aliphatic carboxylic acids is 1. The highest BCUT2D eigenvalue weighted by atomic mass is 32.1. The predicted molar refractivity (Wildman–Crippen MR) is 104 cm³/mol. The number of nitrogens with zero attached hydrogens (tertiary/aromatic N) is 3.